The van der Waals surface area contributed by atoms with Crippen LogP contribution in [0.15, 0.2) is 66.7 Å². The third-order valence-corrected chi connectivity index (χ3v) is 5.61. The SMILES string of the molecule is O=C(O)c1ccc(NC(=O)C2CC(S)CN2C(=O)c2ccc3ccccc3c2)cc1. The predicted molar refractivity (Wildman–Crippen MR) is 118 cm³/mol. The highest BCUT2D eigenvalue weighted by Gasteiger charge is 2.38. The fourth-order valence-corrected chi connectivity index (χ4v) is 4.07. The molecule has 0 saturated carbocycles. The van der Waals surface area contributed by atoms with Crippen LogP contribution in [0.25, 0.3) is 10.8 Å². The monoisotopic (exact) mass is 420 g/mol. The van der Waals surface area contributed by atoms with Crippen LogP contribution in [0.4, 0.5) is 5.69 Å². The zero-order valence-corrected chi connectivity index (χ0v) is 16.9. The standard InChI is InChI=1S/C23H20N2O4S/c26-21(24-18-9-7-15(8-10-18)23(28)29)20-12-19(30)13-25(20)22(27)17-6-5-14-3-1-2-4-16(14)11-17/h1-11,19-20,30H,12-13H2,(H,24,26)(H,28,29). The van der Waals surface area contributed by atoms with Gasteiger partial charge in [0, 0.05) is 23.0 Å². The molecule has 0 aromatic heterocycles. The first-order chi connectivity index (χ1) is 14.4. The van der Waals surface area contributed by atoms with Crippen molar-refractivity contribution in [1.82, 2.24) is 4.90 Å². The molecule has 0 bridgehead atoms. The van der Waals surface area contributed by atoms with E-state index < -0.39 is 12.0 Å². The molecule has 4 rings (SSSR count). The van der Waals surface area contributed by atoms with Gasteiger partial charge in [-0.15, -0.1) is 0 Å². The van der Waals surface area contributed by atoms with Gasteiger partial charge in [-0.05, 0) is 53.6 Å². The average Bonchev–Trinajstić information content (AvgIpc) is 3.15. The Labute approximate surface area is 178 Å². The first kappa shape index (κ1) is 20.0. The Morgan fingerprint density at radius 1 is 0.933 bits per heavy atom. The largest absolute Gasteiger partial charge is 0.478 e. The van der Waals surface area contributed by atoms with Crippen molar-refractivity contribution >= 4 is 46.9 Å². The third kappa shape index (κ3) is 4.02. The van der Waals surface area contributed by atoms with Crippen LogP contribution in [0.5, 0.6) is 0 Å². The summed E-state index contributed by atoms with van der Waals surface area (Å²) in [5.74, 6) is -1.56. The maximum absolute atomic E-state index is 13.2. The van der Waals surface area contributed by atoms with E-state index in [0.29, 0.717) is 24.2 Å². The second kappa shape index (κ2) is 8.20. The average molecular weight is 420 g/mol. The number of anilines is 1. The number of hydrogen-bond donors (Lipinski definition) is 3. The van der Waals surface area contributed by atoms with Crippen molar-refractivity contribution in [1.29, 1.82) is 0 Å². The van der Waals surface area contributed by atoms with E-state index in [2.05, 4.69) is 17.9 Å². The minimum absolute atomic E-state index is 0.0976. The minimum Gasteiger partial charge on any atom is -0.478 e. The van der Waals surface area contributed by atoms with Crippen molar-refractivity contribution in [2.24, 2.45) is 0 Å². The molecule has 3 aromatic carbocycles. The molecule has 2 amide bonds. The van der Waals surface area contributed by atoms with Crippen molar-refractivity contribution in [2.75, 3.05) is 11.9 Å². The highest BCUT2D eigenvalue weighted by molar-refractivity contribution is 7.81. The summed E-state index contributed by atoms with van der Waals surface area (Å²) in [4.78, 5) is 38.6. The molecule has 2 unspecified atom stereocenters. The van der Waals surface area contributed by atoms with E-state index in [9.17, 15) is 14.4 Å². The van der Waals surface area contributed by atoms with Crippen LogP contribution < -0.4 is 5.32 Å². The van der Waals surface area contributed by atoms with E-state index >= 15 is 0 Å². The maximum atomic E-state index is 13.2. The maximum Gasteiger partial charge on any atom is 0.335 e. The fraction of sp³-hybridized carbons (Fsp3) is 0.174. The molecule has 1 saturated heterocycles. The van der Waals surface area contributed by atoms with Crippen LogP contribution in [0.1, 0.15) is 27.1 Å². The van der Waals surface area contributed by atoms with Crippen LogP contribution in [-0.2, 0) is 4.79 Å². The Kier molecular flexibility index (Phi) is 5.46. The summed E-state index contributed by atoms with van der Waals surface area (Å²) in [6, 6.07) is 18.6. The van der Waals surface area contributed by atoms with E-state index in [1.807, 2.05) is 36.4 Å². The number of likely N-dealkylation sites (tertiary alicyclic amines) is 1. The quantitative estimate of drug-likeness (QED) is 0.562. The third-order valence-electron chi connectivity index (χ3n) is 5.24. The number of hydrogen-bond acceptors (Lipinski definition) is 4. The summed E-state index contributed by atoms with van der Waals surface area (Å²) in [5, 5.41) is 13.7. The van der Waals surface area contributed by atoms with E-state index in [1.165, 1.54) is 24.3 Å². The van der Waals surface area contributed by atoms with Gasteiger partial charge in [-0.2, -0.15) is 12.6 Å². The van der Waals surface area contributed by atoms with Crippen molar-refractivity contribution in [3.05, 3.63) is 77.9 Å². The number of carboxylic acid groups (broad SMARTS) is 1. The second-order valence-electron chi connectivity index (χ2n) is 7.30. The van der Waals surface area contributed by atoms with E-state index in [-0.39, 0.29) is 22.6 Å². The van der Waals surface area contributed by atoms with Crippen molar-refractivity contribution < 1.29 is 19.5 Å². The molecule has 3 aromatic rings. The molecule has 0 spiro atoms. The Morgan fingerprint density at radius 2 is 1.60 bits per heavy atom. The first-order valence-corrected chi connectivity index (χ1v) is 10.1. The molecule has 1 aliphatic heterocycles. The highest BCUT2D eigenvalue weighted by atomic mass is 32.1. The smallest absolute Gasteiger partial charge is 0.335 e. The summed E-state index contributed by atoms with van der Waals surface area (Å²) in [6.45, 7) is 0.380. The van der Waals surface area contributed by atoms with Gasteiger partial charge in [0.15, 0.2) is 0 Å². The zero-order valence-electron chi connectivity index (χ0n) is 16.0. The molecule has 152 valence electrons. The number of nitrogens with zero attached hydrogens (tertiary/aromatic N) is 1. The number of aromatic carboxylic acids is 1. The number of rotatable bonds is 4. The number of amides is 2. The van der Waals surface area contributed by atoms with Gasteiger partial charge in [0.25, 0.3) is 5.91 Å². The number of carboxylic acids is 1. The Morgan fingerprint density at radius 3 is 2.30 bits per heavy atom. The lowest BCUT2D eigenvalue weighted by atomic mass is 10.1. The van der Waals surface area contributed by atoms with Gasteiger partial charge in [-0.25, -0.2) is 4.79 Å². The molecule has 0 aliphatic carbocycles. The van der Waals surface area contributed by atoms with Gasteiger partial charge in [0.2, 0.25) is 5.91 Å². The molecular weight excluding hydrogens is 400 g/mol. The highest BCUT2D eigenvalue weighted by Crippen LogP contribution is 2.26. The summed E-state index contributed by atoms with van der Waals surface area (Å²) in [6.07, 6.45) is 0.446. The molecule has 6 nitrogen and oxygen atoms in total. The fourth-order valence-electron chi connectivity index (χ4n) is 3.70. The Hall–Kier alpha value is -3.32. The summed E-state index contributed by atoms with van der Waals surface area (Å²) in [7, 11) is 0. The van der Waals surface area contributed by atoms with E-state index in [1.54, 1.807) is 11.0 Å². The second-order valence-corrected chi connectivity index (χ2v) is 8.03. The predicted octanol–water partition coefficient (Wildman–Crippen LogP) is 3.69. The number of carbonyl (C=O) groups excluding carboxylic acids is 2. The lowest BCUT2D eigenvalue weighted by Crippen LogP contribution is -2.43. The van der Waals surface area contributed by atoms with Gasteiger partial charge in [-0.3, -0.25) is 9.59 Å². The molecule has 0 radical (unpaired) electrons. The number of nitrogens with one attached hydrogen (secondary N) is 1. The van der Waals surface area contributed by atoms with Crippen LogP contribution in [0.2, 0.25) is 0 Å². The van der Waals surface area contributed by atoms with E-state index in [0.717, 1.165) is 10.8 Å². The lowest BCUT2D eigenvalue weighted by Gasteiger charge is -2.24. The van der Waals surface area contributed by atoms with E-state index in [4.69, 9.17) is 5.11 Å². The topological polar surface area (TPSA) is 86.7 Å². The molecule has 1 heterocycles. The first-order valence-electron chi connectivity index (χ1n) is 9.54. The van der Waals surface area contributed by atoms with Crippen molar-refractivity contribution in [2.45, 2.75) is 17.7 Å². The number of benzene rings is 3. The minimum atomic E-state index is -1.03. The van der Waals surface area contributed by atoms with Gasteiger partial charge < -0.3 is 15.3 Å². The van der Waals surface area contributed by atoms with Crippen molar-refractivity contribution in [3.8, 4) is 0 Å². The Bertz CT molecular complexity index is 1130. The number of fused-ring (bicyclic) bond motifs is 1. The summed E-state index contributed by atoms with van der Waals surface area (Å²) < 4.78 is 0. The van der Waals surface area contributed by atoms with Crippen LogP contribution >= 0.6 is 12.6 Å². The zero-order chi connectivity index (χ0) is 21.3. The van der Waals surface area contributed by atoms with Gasteiger partial charge >= 0.3 is 5.97 Å². The molecule has 1 aliphatic rings. The molecule has 30 heavy (non-hydrogen) atoms. The molecule has 7 heteroatoms. The normalized spacial score (nSPS) is 18.4. The van der Waals surface area contributed by atoms with Gasteiger partial charge in [0.05, 0.1) is 5.56 Å². The van der Waals surface area contributed by atoms with Gasteiger partial charge in [0.1, 0.15) is 6.04 Å². The molecular formula is C23H20N2O4S. The Balaban J connectivity index is 1.53. The van der Waals surface area contributed by atoms with Crippen LogP contribution in [0.3, 0.4) is 0 Å². The number of carbonyl (C=O) groups is 3. The van der Waals surface area contributed by atoms with Crippen LogP contribution in [0, 0.1) is 0 Å². The number of thiol groups is 1. The van der Waals surface area contributed by atoms with Crippen molar-refractivity contribution in [3.63, 3.8) is 0 Å². The summed E-state index contributed by atoms with van der Waals surface area (Å²) in [5.41, 5.74) is 1.14. The molecule has 2 atom stereocenters. The molecule has 2 N–H and O–H groups in total. The summed E-state index contributed by atoms with van der Waals surface area (Å²) >= 11 is 4.49. The van der Waals surface area contributed by atoms with Gasteiger partial charge in [-0.1, -0.05) is 30.3 Å². The lowest BCUT2D eigenvalue weighted by molar-refractivity contribution is -0.119. The molecule has 1 fully saturated rings. The van der Waals surface area contributed by atoms with Crippen LogP contribution in [-0.4, -0.2) is 45.6 Å².